The van der Waals surface area contributed by atoms with Crippen LogP contribution in [0.1, 0.15) is 25.0 Å². The first-order valence-corrected chi connectivity index (χ1v) is 20.4. The maximum absolute atomic E-state index is 5.46. The highest BCUT2D eigenvalue weighted by atomic mass is 15.0. The molecule has 0 amide bonds. The van der Waals surface area contributed by atoms with Crippen LogP contribution >= 0.6 is 0 Å². The summed E-state index contributed by atoms with van der Waals surface area (Å²) in [5.74, 6) is 1.94. The van der Waals surface area contributed by atoms with Crippen LogP contribution in [0, 0.1) is 0 Å². The largest absolute Gasteiger partial charge is 0.208 e. The molecule has 1 heterocycles. The third-order valence-corrected chi connectivity index (χ3v) is 12.7. The molecule has 0 radical (unpaired) electrons. The van der Waals surface area contributed by atoms with E-state index in [2.05, 4.69) is 202 Å². The topological polar surface area (TPSA) is 38.7 Å². The van der Waals surface area contributed by atoms with Gasteiger partial charge in [0.2, 0.25) is 0 Å². The van der Waals surface area contributed by atoms with Crippen molar-refractivity contribution in [2.45, 2.75) is 19.3 Å². The summed E-state index contributed by atoms with van der Waals surface area (Å²) >= 11 is 0. The second-order valence-electron chi connectivity index (χ2n) is 16.4. The summed E-state index contributed by atoms with van der Waals surface area (Å²) < 4.78 is 0. The molecule has 1 aromatic heterocycles. The Kier molecular flexibility index (Phi) is 7.27. The van der Waals surface area contributed by atoms with E-state index >= 15 is 0 Å². The zero-order valence-electron chi connectivity index (χ0n) is 32.7. The maximum atomic E-state index is 5.46. The molecule has 10 aromatic carbocycles. The predicted octanol–water partition coefficient (Wildman–Crippen LogP) is 14.6. The first-order valence-electron chi connectivity index (χ1n) is 20.4. The van der Waals surface area contributed by atoms with Gasteiger partial charge in [-0.15, -0.1) is 0 Å². The SMILES string of the molecule is CC1(C)c2ccccc2-c2cccc(-c3ccc4ccccc4c3-c3nc(-c4ccc5c(ccc6ccccc65)c4)nc(-c4ccc5c(ccc6ccccc65)c4)n3)c21. The van der Waals surface area contributed by atoms with Gasteiger partial charge in [0.1, 0.15) is 0 Å². The zero-order valence-corrected chi connectivity index (χ0v) is 32.7. The molecule has 1 aliphatic rings. The summed E-state index contributed by atoms with van der Waals surface area (Å²) in [6.07, 6.45) is 0. The highest BCUT2D eigenvalue weighted by molar-refractivity contribution is 6.10. The Hall–Kier alpha value is -7.49. The first-order chi connectivity index (χ1) is 29.0. The van der Waals surface area contributed by atoms with E-state index < -0.39 is 0 Å². The van der Waals surface area contributed by atoms with Crippen molar-refractivity contribution in [1.82, 2.24) is 15.0 Å². The van der Waals surface area contributed by atoms with Crippen LogP contribution in [0.15, 0.2) is 188 Å². The van der Waals surface area contributed by atoms with E-state index in [1.807, 2.05) is 0 Å². The van der Waals surface area contributed by atoms with Gasteiger partial charge in [-0.05, 0) is 99.4 Å². The van der Waals surface area contributed by atoms with Crippen molar-refractivity contribution in [3.63, 3.8) is 0 Å². The van der Waals surface area contributed by atoms with Crippen molar-refractivity contribution in [3.8, 4) is 56.4 Å². The number of aromatic nitrogens is 3. The van der Waals surface area contributed by atoms with Crippen LogP contribution in [-0.4, -0.2) is 15.0 Å². The molecule has 3 heteroatoms. The summed E-state index contributed by atoms with van der Waals surface area (Å²) in [5.41, 5.74) is 10.3. The van der Waals surface area contributed by atoms with Crippen molar-refractivity contribution in [1.29, 1.82) is 0 Å². The summed E-state index contributed by atoms with van der Waals surface area (Å²) in [6, 6.07) is 67.9. The molecule has 0 aliphatic heterocycles. The fourth-order valence-electron chi connectivity index (χ4n) is 9.86. The molecule has 1 aliphatic carbocycles. The summed E-state index contributed by atoms with van der Waals surface area (Å²) in [5, 5.41) is 11.9. The van der Waals surface area contributed by atoms with Gasteiger partial charge in [-0.3, -0.25) is 0 Å². The Morgan fingerprint density at radius 2 is 0.763 bits per heavy atom. The maximum Gasteiger partial charge on any atom is 0.165 e. The lowest BCUT2D eigenvalue weighted by Gasteiger charge is -2.25. The third kappa shape index (κ3) is 5.18. The third-order valence-electron chi connectivity index (χ3n) is 12.7. The monoisotopic (exact) mass is 751 g/mol. The van der Waals surface area contributed by atoms with E-state index in [9.17, 15) is 0 Å². The van der Waals surface area contributed by atoms with Gasteiger partial charge in [0.15, 0.2) is 17.5 Å². The summed E-state index contributed by atoms with van der Waals surface area (Å²) in [4.78, 5) is 16.2. The van der Waals surface area contributed by atoms with Crippen molar-refractivity contribution < 1.29 is 0 Å². The Bertz CT molecular complexity index is 3410. The van der Waals surface area contributed by atoms with Crippen LogP contribution in [0.2, 0.25) is 0 Å². The van der Waals surface area contributed by atoms with Crippen LogP contribution in [-0.2, 0) is 5.41 Å². The zero-order chi connectivity index (χ0) is 39.2. The van der Waals surface area contributed by atoms with Gasteiger partial charge in [-0.25, -0.2) is 15.0 Å². The molecule has 0 N–H and O–H groups in total. The lowest BCUT2D eigenvalue weighted by atomic mass is 9.78. The van der Waals surface area contributed by atoms with Crippen LogP contribution in [0.3, 0.4) is 0 Å². The van der Waals surface area contributed by atoms with E-state index in [1.165, 1.54) is 60.1 Å². The van der Waals surface area contributed by atoms with Crippen LogP contribution in [0.4, 0.5) is 0 Å². The minimum absolute atomic E-state index is 0.203. The van der Waals surface area contributed by atoms with Gasteiger partial charge in [0.25, 0.3) is 0 Å². The second kappa shape index (κ2) is 12.8. The lowest BCUT2D eigenvalue weighted by molar-refractivity contribution is 0.662. The molecule has 3 nitrogen and oxygen atoms in total. The molecule has 0 saturated carbocycles. The van der Waals surface area contributed by atoms with Gasteiger partial charge in [0, 0.05) is 22.1 Å². The molecule has 0 unspecified atom stereocenters. The smallest absolute Gasteiger partial charge is 0.165 e. The van der Waals surface area contributed by atoms with Crippen LogP contribution < -0.4 is 0 Å². The van der Waals surface area contributed by atoms with E-state index in [0.29, 0.717) is 17.5 Å². The highest BCUT2D eigenvalue weighted by Crippen LogP contribution is 2.53. The molecule has 0 atom stereocenters. The molecule has 11 aromatic rings. The second-order valence-corrected chi connectivity index (χ2v) is 16.4. The molecular formula is C56H37N3. The molecular weight excluding hydrogens is 715 g/mol. The Morgan fingerprint density at radius 1 is 0.322 bits per heavy atom. The van der Waals surface area contributed by atoms with E-state index in [4.69, 9.17) is 15.0 Å². The van der Waals surface area contributed by atoms with Crippen molar-refractivity contribution in [3.05, 3.63) is 199 Å². The van der Waals surface area contributed by atoms with Gasteiger partial charge >= 0.3 is 0 Å². The molecule has 12 rings (SSSR count). The van der Waals surface area contributed by atoms with E-state index in [0.717, 1.165) is 43.8 Å². The Labute approximate surface area is 342 Å². The van der Waals surface area contributed by atoms with Gasteiger partial charge < -0.3 is 0 Å². The molecule has 276 valence electrons. The molecule has 0 spiro atoms. The molecule has 0 fully saturated rings. The average Bonchev–Trinajstić information content (AvgIpc) is 3.53. The van der Waals surface area contributed by atoms with Gasteiger partial charge in [0.05, 0.1) is 0 Å². The van der Waals surface area contributed by atoms with Crippen molar-refractivity contribution in [2.75, 3.05) is 0 Å². The normalized spacial score (nSPS) is 13.1. The van der Waals surface area contributed by atoms with Crippen LogP contribution in [0.25, 0.3) is 110 Å². The fraction of sp³-hybridized carbons (Fsp3) is 0.0536. The minimum atomic E-state index is -0.203. The predicted molar refractivity (Wildman–Crippen MR) is 247 cm³/mol. The quantitative estimate of drug-likeness (QED) is 0.168. The fourth-order valence-corrected chi connectivity index (χ4v) is 9.86. The minimum Gasteiger partial charge on any atom is -0.208 e. The van der Waals surface area contributed by atoms with Crippen LogP contribution in [0.5, 0.6) is 0 Å². The number of hydrogen-bond acceptors (Lipinski definition) is 3. The Balaban J connectivity index is 1.13. The highest BCUT2D eigenvalue weighted by Gasteiger charge is 2.38. The molecule has 0 saturated heterocycles. The molecule has 59 heavy (non-hydrogen) atoms. The van der Waals surface area contributed by atoms with Crippen molar-refractivity contribution in [2.24, 2.45) is 0 Å². The summed E-state index contributed by atoms with van der Waals surface area (Å²) in [7, 11) is 0. The number of nitrogens with zero attached hydrogens (tertiary/aromatic N) is 3. The van der Waals surface area contributed by atoms with E-state index in [-0.39, 0.29) is 5.41 Å². The average molecular weight is 752 g/mol. The summed E-state index contributed by atoms with van der Waals surface area (Å²) in [6.45, 7) is 4.71. The standard InChI is InChI=1S/C56H37N3/c1-56(2)50-21-10-9-18-46(50)48-19-11-20-49(52(48)56)47-31-26-36-14-5-8-17-45(36)51(47)55-58-53(39-27-29-43-37(32-39)24-22-34-12-3-6-15-41(34)43)57-54(59-55)40-28-30-44-38(33-40)25-23-35-13-4-7-16-42(35)44/h3-33H,1-2H3. The number of hydrogen-bond donors (Lipinski definition) is 0. The number of rotatable bonds is 4. The number of fused-ring (bicyclic) bond motifs is 10. The van der Waals surface area contributed by atoms with Gasteiger partial charge in [-0.2, -0.15) is 0 Å². The first kappa shape index (κ1) is 33.6. The number of benzene rings is 10. The Morgan fingerprint density at radius 3 is 1.39 bits per heavy atom. The van der Waals surface area contributed by atoms with Gasteiger partial charge in [-0.1, -0.05) is 190 Å². The van der Waals surface area contributed by atoms with E-state index in [1.54, 1.807) is 0 Å². The molecule has 0 bridgehead atoms. The lowest BCUT2D eigenvalue weighted by Crippen LogP contribution is -2.16. The van der Waals surface area contributed by atoms with Crippen molar-refractivity contribution >= 4 is 53.9 Å².